The summed E-state index contributed by atoms with van der Waals surface area (Å²) in [6.07, 6.45) is 1.74. The summed E-state index contributed by atoms with van der Waals surface area (Å²) in [7, 11) is -3.59. The van der Waals surface area contributed by atoms with Gasteiger partial charge in [0.25, 0.3) is 5.91 Å². The molecule has 6 nitrogen and oxygen atoms in total. The van der Waals surface area contributed by atoms with Gasteiger partial charge >= 0.3 is 0 Å². The van der Waals surface area contributed by atoms with Crippen molar-refractivity contribution in [2.45, 2.75) is 37.6 Å². The summed E-state index contributed by atoms with van der Waals surface area (Å²) in [4.78, 5) is 15.3. The number of benzene rings is 3. The van der Waals surface area contributed by atoms with E-state index in [-0.39, 0.29) is 16.8 Å². The third kappa shape index (κ3) is 5.10. The van der Waals surface area contributed by atoms with Gasteiger partial charge in [-0.15, -0.1) is 0 Å². The summed E-state index contributed by atoms with van der Waals surface area (Å²) in [5, 5.41) is 3.34. The van der Waals surface area contributed by atoms with Crippen LogP contribution in [-0.4, -0.2) is 37.8 Å². The molecule has 1 saturated heterocycles. The minimum absolute atomic E-state index is 0.107. The van der Waals surface area contributed by atoms with Crippen molar-refractivity contribution in [2.24, 2.45) is 0 Å². The average molecular weight is 464 g/mol. The van der Waals surface area contributed by atoms with Gasteiger partial charge in [0.1, 0.15) is 0 Å². The monoisotopic (exact) mass is 463 g/mol. The van der Waals surface area contributed by atoms with Gasteiger partial charge in [0.2, 0.25) is 10.0 Å². The van der Waals surface area contributed by atoms with E-state index in [1.54, 1.807) is 23.1 Å². The summed E-state index contributed by atoms with van der Waals surface area (Å²) < 4.78 is 27.4. The number of carbonyl (C=O) groups excluding carboxylic acids is 1. The van der Waals surface area contributed by atoms with Crippen LogP contribution in [0, 0.1) is 0 Å². The quantitative estimate of drug-likeness (QED) is 0.518. The lowest BCUT2D eigenvalue weighted by Crippen LogP contribution is -2.37. The molecule has 172 valence electrons. The topological polar surface area (TPSA) is 69.7 Å². The molecule has 0 saturated carbocycles. The van der Waals surface area contributed by atoms with E-state index in [2.05, 4.69) is 5.32 Å². The molecule has 1 heterocycles. The van der Waals surface area contributed by atoms with Gasteiger partial charge in [-0.05, 0) is 81.3 Å². The second kappa shape index (κ2) is 9.77. The second-order valence-electron chi connectivity index (χ2n) is 8.45. The summed E-state index contributed by atoms with van der Waals surface area (Å²) in [6.45, 7) is 4.95. The molecule has 1 aliphatic heterocycles. The number of nitrogens with zero attached hydrogens (tertiary/aromatic N) is 2. The Morgan fingerprint density at radius 1 is 0.879 bits per heavy atom. The van der Waals surface area contributed by atoms with Crippen molar-refractivity contribution < 1.29 is 13.2 Å². The van der Waals surface area contributed by atoms with Crippen molar-refractivity contribution in [2.75, 3.05) is 23.3 Å². The van der Waals surface area contributed by atoms with Crippen LogP contribution in [0.3, 0.4) is 0 Å². The molecule has 0 unspecified atom stereocenters. The molecule has 0 bridgehead atoms. The largest absolute Gasteiger partial charge is 0.356 e. The number of rotatable bonds is 7. The van der Waals surface area contributed by atoms with E-state index in [9.17, 15) is 13.2 Å². The highest BCUT2D eigenvalue weighted by atomic mass is 32.2. The van der Waals surface area contributed by atoms with Crippen molar-refractivity contribution in [3.63, 3.8) is 0 Å². The number of anilines is 3. The van der Waals surface area contributed by atoms with E-state index in [1.807, 2.05) is 68.4 Å². The molecule has 4 rings (SSSR count). The van der Waals surface area contributed by atoms with Gasteiger partial charge in [-0.25, -0.2) is 8.42 Å². The fourth-order valence-corrected chi connectivity index (χ4v) is 5.61. The van der Waals surface area contributed by atoms with Crippen LogP contribution in [0.5, 0.6) is 0 Å². The number of hydrogen-bond donors (Lipinski definition) is 1. The molecule has 33 heavy (non-hydrogen) atoms. The van der Waals surface area contributed by atoms with E-state index < -0.39 is 10.0 Å². The molecule has 1 amide bonds. The molecular formula is C26H29N3O3S. The van der Waals surface area contributed by atoms with Crippen LogP contribution in [0.1, 0.15) is 37.0 Å². The van der Waals surface area contributed by atoms with Crippen LogP contribution in [-0.2, 0) is 10.0 Å². The number of amides is 1. The summed E-state index contributed by atoms with van der Waals surface area (Å²) in [5.41, 5.74) is 3.01. The Hall–Kier alpha value is -3.16. The third-order valence-electron chi connectivity index (χ3n) is 5.73. The second-order valence-corrected chi connectivity index (χ2v) is 10.4. The van der Waals surface area contributed by atoms with Crippen LogP contribution in [0.2, 0.25) is 0 Å². The Morgan fingerprint density at radius 2 is 1.52 bits per heavy atom. The van der Waals surface area contributed by atoms with Crippen molar-refractivity contribution in [1.29, 1.82) is 0 Å². The fraction of sp³-hybridized carbons (Fsp3) is 0.269. The standard InChI is InChI=1S/C26H29N3O3S/c1-20(2)29(24-15-13-23(14-16-24)27-22-10-4-3-5-11-22)26(30)21-9-8-12-25(19-21)33(31,32)28-17-6-7-18-28/h3-5,8-16,19-20,27H,6-7,17-18H2,1-2H3. The number of nitrogens with one attached hydrogen (secondary N) is 1. The van der Waals surface area contributed by atoms with Crippen molar-refractivity contribution in [3.8, 4) is 0 Å². The Balaban J connectivity index is 1.58. The maximum Gasteiger partial charge on any atom is 0.258 e. The zero-order valence-corrected chi connectivity index (χ0v) is 19.8. The first-order valence-electron chi connectivity index (χ1n) is 11.2. The van der Waals surface area contributed by atoms with E-state index in [1.165, 1.54) is 10.4 Å². The maximum absolute atomic E-state index is 13.5. The molecule has 1 aliphatic rings. The predicted molar refractivity (Wildman–Crippen MR) is 133 cm³/mol. The first-order valence-corrected chi connectivity index (χ1v) is 12.7. The van der Waals surface area contributed by atoms with Gasteiger partial charge in [-0.3, -0.25) is 4.79 Å². The van der Waals surface area contributed by atoms with E-state index in [0.29, 0.717) is 18.7 Å². The molecule has 0 aromatic heterocycles. The Labute approximate surface area is 195 Å². The zero-order valence-electron chi connectivity index (χ0n) is 18.9. The molecule has 1 fully saturated rings. The molecular weight excluding hydrogens is 434 g/mol. The SMILES string of the molecule is CC(C)N(C(=O)c1cccc(S(=O)(=O)N2CCCC2)c1)c1ccc(Nc2ccccc2)cc1. The Kier molecular flexibility index (Phi) is 6.81. The lowest BCUT2D eigenvalue weighted by atomic mass is 10.1. The van der Waals surface area contributed by atoms with Gasteiger partial charge < -0.3 is 10.2 Å². The highest BCUT2D eigenvalue weighted by Gasteiger charge is 2.28. The van der Waals surface area contributed by atoms with Crippen molar-refractivity contribution >= 4 is 33.0 Å². The molecule has 3 aromatic carbocycles. The number of para-hydroxylation sites is 1. The van der Waals surface area contributed by atoms with Gasteiger partial charge in [-0.1, -0.05) is 24.3 Å². The molecule has 0 spiro atoms. The normalized spacial score (nSPS) is 14.4. The van der Waals surface area contributed by atoms with Crippen molar-refractivity contribution in [1.82, 2.24) is 4.31 Å². The lowest BCUT2D eigenvalue weighted by Gasteiger charge is -2.27. The third-order valence-corrected chi connectivity index (χ3v) is 7.62. The summed E-state index contributed by atoms with van der Waals surface area (Å²) >= 11 is 0. The van der Waals surface area contributed by atoms with Gasteiger partial charge in [0.05, 0.1) is 4.90 Å². The van der Waals surface area contributed by atoms with Gasteiger partial charge in [-0.2, -0.15) is 4.31 Å². The molecule has 7 heteroatoms. The van der Waals surface area contributed by atoms with E-state index >= 15 is 0 Å². The summed E-state index contributed by atoms with van der Waals surface area (Å²) in [6, 6.07) is 23.8. The molecule has 0 atom stereocenters. The highest BCUT2D eigenvalue weighted by molar-refractivity contribution is 7.89. The average Bonchev–Trinajstić information content (AvgIpc) is 3.37. The van der Waals surface area contributed by atoms with Crippen LogP contribution < -0.4 is 10.2 Å². The Bertz CT molecular complexity index is 1200. The first kappa shape index (κ1) is 23.0. The number of hydrogen-bond acceptors (Lipinski definition) is 4. The minimum atomic E-state index is -3.59. The number of sulfonamides is 1. The number of carbonyl (C=O) groups is 1. The van der Waals surface area contributed by atoms with Crippen LogP contribution in [0.15, 0.2) is 83.8 Å². The zero-order chi connectivity index (χ0) is 23.4. The minimum Gasteiger partial charge on any atom is -0.356 e. The van der Waals surface area contributed by atoms with Gasteiger partial charge in [0, 0.05) is 41.8 Å². The Morgan fingerprint density at radius 3 is 2.15 bits per heavy atom. The smallest absolute Gasteiger partial charge is 0.258 e. The van der Waals surface area contributed by atoms with Crippen molar-refractivity contribution in [3.05, 3.63) is 84.4 Å². The fourth-order valence-electron chi connectivity index (χ4n) is 4.05. The molecule has 3 aromatic rings. The van der Waals surface area contributed by atoms with E-state index in [0.717, 1.165) is 29.9 Å². The summed E-state index contributed by atoms with van der Waals surface area (Å²) in [5.74, 6) is -0.229. The van der Waals surface area contributed by atoms with Crippen LogP contribution in [0.4, 0.5) is 17.1 Å². The highest BCUT2D eigenvalue weighted by Crippen LogP contribution is 2.26. The maximum atomic E-state index is 13.5. The van der Waals surface area contributed by atoms with Gasteiger partial charge in [0.15, 0.2) is 0 Å². The predicted octanol–water partition coefficient (Wildman–Crippen LogP) is 5.27. The first-order chi connectivity index (χ1) is 15.9. The van der Waals surface area contributed by atoms with Crippen LogP contribution >= 0.6 is 0 Å². The molecule has 0 radical (unpaired) electrons. The van der Waals surface area contributed by atoms with E-state index in [4.69, 9.17) is 0 Å². The van der Waals surface area contributed by atoms with Crippen LogP contribution in [0.25, 0.3) is 0 Å². The molecule has 1 N–H and O–H groups in total. The molecule has 0 aliphatic carbocycles. The lowest BCUT2D eigenvalue weighted by molar-refractivity contribution is 0.0980.